The third-order valence-corrected chi connectivity index (χ3v) is 14.9. The number of anilines is 3. The van der Waals surface area contributed by atoms with Gasteiger partial charge in [-0.05, 0) is 161 Å². The summed E-state index contributed by atoms with van der Waals surface area (Å²) in [6.07, 6.45) is 8.85. The lowest BCUT2D eigenvalue weighted by atomic mass is 10.2. The Labute approximate surface area is 602 Å². The normalized spacial score (nSPS) is 17.5. The van der Waals surface area contributed by atoms with Crippen molar-refractivity contribution < 1.29 is 47.5 Å². The topological polar surface area (TPSA) is 225 Å². The molecule has 8 heterocycles. The number of pyridine rings is 4. The first-order valence-electron chi connectivity index (χ1n) is 30.8. The lowest BCUT2D eigenvalue weighted by Gasteiger charge is -2.28. The van der Waals surface area contributed by atoms with Crippen molar-refractivity contribution in [1.82, 2.24) is 41.2 Å². The minimum atomic E-state index is -0.533. The number of carbonyl (C=O) groups is 3. The largest absolute Gasteiger partial charge is 0.444 e. The quantitative estimate of drug-likeness (QED) is 0.0800. The van der Waals surface area contributed by atoms with Crippen molar-refractivity contribution in [3.05, 3.63) is 95.5 Å². The fraction of sp³-hybridized carbons (Fsp3) is 0.574. The Kier molecular flexibility index (Phi) is 33.3. The van der Waals surface area contributed by atoms with E-state index in [1.807, 2.05) is 80.5 Å². The Balaban J connectivity index is 0.000000259. The van der Waals surface area contributed by atoms with Gasteiger partial charge in [0, 0.05) is 72.4 Å². The molecule has 4 aromatic rings. The molecule has 7 aliphatic rings. The van der Waals surface area contributed by atoms with Crippen LogP contribution in [0.1, 0.15) is 127 Å². The van der Waals surface area contributed by atoms with E-state index in [4.69, 9.17) is 121 Å². The molecule has 11 rings (SSSR count). The summed E-state index contributed by atoms with van der Waals surface area (Å²) < 4.78 is 36.7. The molecular weight excluding hydrogens is 1380 g/mol. The summed E-state index contributed by atoms with van der Waals surface area (Å²) in [4.78, 5) is 58.7. The monoisotopic (exact) mass is 1470 g/mol. The van der Waals surface area contributed by atoms with Gasteiger partial charge in [-0.15, -0.1) is 6.42 Å². The van der Waals surface area contributed by atoms with E-state index in [2.05, 4.69) is 85.5 Å². The first-order chi connectivity index (χ1) is 44.3. The average molecular weight is 1470 g/mol. The Hall–Kier alpha value is -5.68. The molecule has 3 saturated carbocycles. The molecule has 96 heavy (non-hydrogen) atoms. The van der Waals surface area contributed by atoms with E-state index < -0.39 is 51.7 Å². The molecule has 4 aromatic heterocycles. The third kappa shape index (κ3) is 32.3. The van der Waals surface area contributed by atoms with E-state index in [0.29, 0.717) is 73.4 Å². The van der Waals surface area contributed by atoms with Crippen molar-refractivity contribution in [3.63, 3.8) is 0 Å². The summed E-state index contributed by atoms with van der Waals surface area (Å²) in [5.74, 6) is 17.4. The van der Waals surface area contributed by atoms with Gasteiger partial charge >= 0.3 is 18.3 Å². The maximum atomic E-state index is 12.0. The van der Waals surface area contributed by atoms with E-state index >= 15 is 0 Å². The van der Waals surface area contributed by atoms with Crippen molar-refractivity contribution in [3.8, 4) is 36.0 Å². The molecule has 4 N–H and O–H groups in total. The van der Waals surface area contributed by atoms with Crippen LogP contribution in [0.3, 0.4) is 0 Å². The first-order valence-corrected chi connectivity index (χ1v) is 33.5. The van der Waals surface area contributed by atoms with Gasteiger partial charge in [-0.1, -0.05) is 114 Å². The molecule has 528 valence electrons. The lowest BCUT2D eigenvalue weighted by molar-refractivity contribution is 0.0498. The van der Waals surface area contributed by atoms with Gasteiger partial charge in [0.25, 0.3) is 0 Å². The SMILES string of the molecule is C.C.C#CC1(NC(=O)OC(C)(C)C)CC1.C1COCCN1.CC(C)(C)OC(=O)NC1(C#Cc2cc(Cl)cc(N3CCOCC3)n2)CC1.CC(C)(C)OC(=O)NC1(C#Cc2cc(Cl)cc(N3CCOCC3)n2)CC1.Clc1cc(Cl)nc(Cl)c1.Clc1cc(Cl)nc(N2CCOCC2)c1. The smallest absolute Gasteiger partial charge is 0.408 e. The van der Waals surface area contributed by atoms with Crippen molar-refractivity contribution in [1.29, 1.82) is 0 Å². The van der Waals surface area contributed by atoms with Crippen LogP contribution in [0.25, 0.3) is 0 Å². The number of alkyl carbamates (subject to hydrolysis) is 3. The molecule has 4 aliphatic heterocycles. The van der Waals surface area contributed by atoms with Gasteiger partial charge in [-0.2, -0.15) is 0 Å². The van der Waals surface area contributed by atoms with Crippen LogP contribution in [-0.4, -0.2) is 177 Å². The van der Waals surface area contributed by atoms with E-state index in [1.165, 1.54) is 12.1 Å². The zero-order chi connectivity index (χ0) is 68.7. The second-order valence-electron chi connectivity index (χ2n) is 25.4. The van der Waals surface area contributed by atoms with Crippen molar-refractivity contribution in [2.24, 2.45) is 0 Å². The number of aromatic nitrogens is 4. The number of amides is 3. The molecule has 0 radical (unpaired) electrons. The van der Waals surface area contributed by atoms with Crippen LogP contribution in [0.2, 0.25) is 35.5 Å². The predicted molar refractivity (Wildman–Crippen MR) is 385 cm³/mol. The maximum Gasteiger partial charge on any atom is 0.408 e. The van der Waals surface area contributed by atoms with E-state index in [9.17, 15) is 14.4 Å². The fourth-order valence-electron chi connectivity index (χ4n) is 8.47. The third-order valence-electron chi connectivity index (χ3n) is 13.5. The van der Waals surface area contributed by atoms with Crippen LogP contribution in [-0.2, 0) is 33.2 Å². The van der Waals surface area contributed by atoms with E-state index in [1.54, 1.807) is 18.2 Å². The number of carbonyl (C=O) groups excluding carboxylic acids is 3. The Morgan fingerprint density at radius 2 is 0.729 bits per heavy atom. The molecule has 7 fully saturated rings. The predicted octanol–water partition coefficient (Wildman–Crippen LogP) is 13.8. The molecule has 3 aliphatic carbocycles. The van der Waals surface area contributed by atoms with Crippen molar-refractivity contribution in [2.45, 2.75) is 149 Å². The lowest BCUT2D eigenvalue weighted by Crippen LogP contribution is -2.40. The van der Waals surface area contributed by atoms with Crippen LogP contribution in [0.4, 0.5) is 31.8 Å². The second-order valence-corrected chi connectivity index (χ2v) is 28.3. The van der Waals surface area contributed by atoms with Gasteiger partial charge in [0.2, 0.25) is 0 Å². The van der Waals surface area contributed by atoms with Gasteiger partial charge in [0.05, 0.1) is 52.9 Å². The molecule has 3 amide bonds. The van der Waals surface area contributed by atoms with Crippen LogP contribution >= 0.6 is 81.2 Å². The molecule has 0 spiro atoms. The molecule has 28 heteroatoms. The van der Waals surface area contributed by atoms with Gasteiger partial charge in [0.15, 0.2) is 0 Å². The standard InChI is InChI=1S/2C19H24ClN3O3.C10H15NO2.C9H10Cl2N2O.C5H2Cl3N.C4H9NO.2CH4/c2*1-18(2,3)26-17(24)22-19(6-7-19)5-4-15-12-14(20)13-16(21-15)23-8-10-25-11-9-23;1-5-10(6-7-10)11-8(12)13-9(2,3)4;10-7-5-8(11)12-9(6-7)13-1-3-14-4-2-13;6-3-1-4(7)9-5(8)2-3;1-3-6-4-2-5-1;;/h2*12-13H,6-11H2,1-3H3,(H,22,24);1H,6-7H2,2-4H3,(H,11,12);5-6H,1-4H2;1-2H;5H,1-4H2;2*1H4. The molecule has 21 nitrogen and oxygen atoms in total. The van der Waals surface area contributed by atoms with Gasteiger partial charge in [-0.25, -0.2) is 34.3 Å². The molecule has 0 bridgehead atoms. The summed E-state index contributed by atoms with van der Waals surface area (Å²) in [6, 6.07) is 13.6. The molecule has 0 aromatic carbocycles. The number of nitrogens with one attached hydrogen (secondary N) is 4. The highest BCUT2D eigenvalue weighted by Crippen LogP contribution is 2.37. The second kappa shape index (κ2) is 38.6. The van der Waals surface area contributed by atoms with Gasteiger partial charge < -0.3 is 69.1 Å². The molecular formula is C68H92Cl7N11O10. The Morgan fingerprint density at radius 1 is 0.448 bits per heavy atom. The van der Waals surface area contributed by atoms with Crippen molar-refractivity contribution in [2.75, 3.05) is 120 Å². The average Bonchev–Trinajstić information content (AvgIpc) is 1.63. The number of hydrogen-bond donors (Lipinski definition) is 4. The zero-order valence-corrected chi connectivity index (χ0v) is 59.9. The number of halogens is 7. The minimum Gasteiger partial charge on any atom is -0.444 e. The number of rotatable bonds is 6. The van der Waals surface area contributed by atoms with Gasteiger partial charge in [0.1, 0.15) is 77.7 Å². The highest BCUT2D eigenvalue weighted by atomic mass is 35.5. The summed E-state index contributed by atoms with van der Waals surface area (Å²) in [5, 5.41) is 14.9. The first kappa shape index (κ1) is 82.7. The summed E-state index contributed by atoms with van der Waals surface area (Å²) in [6.45, 7) is 29.3. The van der Waals surface area contributed by atoms with Crippen LogP contribution in [0, 0.1) is 36.0 Å². The summed E-state index contributed by atoms with van der Waals surface area (Å²) in [5.41, 5.74) is -1.80. The molecule has 0 atom stereocenters. The van der Waals surface area contributed by atoms with E-state index in [0.717, 1.165) is 135 Å². The maximum absolute atomic E-state index is 12.0. The number of nitrogens with zero attached hydrogens (tertiary/aromatic N) is 7. The fourth-order valence-corrected chi connectivity index (χ4v) is 10.1. The zero-order valence-electron chi connectivity index (χ0n) is 54.6. The van der Waals surface area contributed by atoms with Crippen LogP contribution in [0.5, 0.6) is 0 Å². The van der Waals surface area contributed by atoms with Gasteiger partial charge in [-0.3, -0.25) is 0 Å². The molecule has 0 unspecified atom stereocenters. The number of hydrogen-bond acceptors (Lipinski definition) is 18. The Morgan fingerprint density at radius 3 is 0.990 bits per heavy atom. The van der Waals surface area contributed by atoms with Crippen LogP contribution < -0.4 is 36.0 Å². The minimum absolute atomic E-state index is 0. The number of ether oxygens (including phenoxy) is 7. The molecule has 4 saturated heterocycles. The Bertz CT molecular complexity index is 3130. The van der Waals surface area contributed by atoms with Crippen molar-refractivity contribution >= 4 is 117 Å². The summed E-state index contributed by atoms with van der Waals surface area (Å²) in [7, 11) is 0. The number of terminal acetylenes is 1. The number of morpholine rings is 4. The highest BCUT2D eigenvalue weighted by molar-refractivity contribution is 6.37. The highest BCUT2D eigenvalue weighted by Gasteiger charge is 2.45. The van der Waals surface area contributed by atoms with E-state index in [-0.39, 0.29) is 14.9 Å². The summed E-state index contributed by atoms with van der Waals surface area (Å²) >= 11 is 40.7. The van der Waals surface area contributed by atoms with Crippen LogP contribution in [0.15, 0.2) is 48.5 Å².